The fraction of sp³-hybridized carbons (Fsp3) is 0.238. The van der Waals surface area contributed by atoms with Crippen molar-refractivity contribution in [3.8, 4) is 22.9 Å². The van der Waals surface area contributed by atoms with Gasteiger partial charge in [0.05, 0.1) is 23.5 Å². The summed E-state index contributed by atoms with van der Waals surface area (Å²) in [5, 5.41) is 13.5. The number of rotatable bonds is 3. The summed E-state index contributed by atoms with van der Waals surface area (Å²) in [6, 6.07) is 16.6. The van der Waals surface area contributed by atoms with Crippen molar-refractivity contribution in [3.05, 3.63) is 66.0 Å². The van der Waals surface area contributed by atoms with Gasteiger partial charge in [0.2, 0.25) is 0 Å². The number of nitrogens with zero attached hydrogens (tertiary/aromatic N) is 4. The van der Waals surface area contributed by atoms with E-state index in [4.69, 9.17) is 5.26 Å². The molecule has 0 radical (unpaired) electrons. The Morgan fingerprint density at radius 2 is 1.81 bits per heavy atom. The number of benzene rings is 2. The second-order valence-electron chi connectivity index (χ2n) is 6.43. The van der Waals surface area contributed by atoms with E-state index in [0.29, 0.717) is 5.56 Å². The summed E-state index contributed by atoms with van der Waals surface area (Å²) in [4.78, 5) is 2.45. The Balaban J connectivity index is 1.57. The van der Waals surface area contributed by atoms with Crippen LogP contribution in [0.2, 0.25) is 0 Å². The lowest BCUT2D eigenvalue weighted by atomic mass is 10.1. The second-order valence-corrected chi connectivity index (χ2v) is 7.66. The summed E-state index contributed by atoms with van der Waals surface area (Å²) >= 11 is 2.03. The van der Waals surface area contributed by atoms with Gasteiger partial charge >= 0.3 is 0 Å². The standard InChI is InChI=1S/C21H20N4S/c1-16-12-17(13-22)2-7-21(16)25-15-19(14-23-25)18-3-5-20(6-4-18)24-8-10-26-11-9-24/h2-7,12,14-15H,8-11H2,1H3. The molecule has 2 aromatic carbocycles. The number of hydrogen-bond acceptors (Lipinski definition) is 4. The average molecular weight is 360 g/mol. The molecule has 1 fully saturated rings. The molecule has 0 atom stereocenters. The molecule has 0 bridgehead atoms. The summed E-state index contributed by atoms with van der Waals surface area (Å²) in [6.45, 7) is 4.25. The summed E-state index contributed by atoms with van der Waals surface area (Å²) in [5.41, 5.74) is 6.26. The Labute approximate surface area is 158 Å². The number of nitriles is 1. The number of hydrogen-bond donors (Lipinski definition) is 0. The third kappa shape index (κ3) is 3.33. The summed E-state index contributed by atoms with van der Waals surface area (Å²) in [7, 11) is 0. The minimum absolute atomic E-state index is 0.672. The summed E-state index contributed by atoms with van der Waals surface area (Å²) < 4.78 is 1.88. The van der Waals surface area contributed by atoms with Gasteiger partial charge in [-0.25, -0.2) is 4.68 Å². The van der Waals surface area contributed by atoms with E-state index in [2.05, 4.69) is 40.3 Å². The van der Waals surface area contributed by atoms with Crippen LogP contribution < -0.4 is 4.90 Å². The van der Waals surface area contributed by atoms with E-state index < -0.39 is 0 Å². The normalized spacial score (nSPS) is 14.2. The van der Waals surface area contributed by atoms with Crippen LogP contribution in [0.25, 0.3) is 16.8 Å². The molecule has 3 aromatic rings. The van der Waals surface area contributed by atoms with Crippen LogP contribution in [-0.2, 0) is 0 Å². The van der Waals surface area contributed by atoms with E-state index >= 15 is 0 Å². The molecule has 1 aliphatic rings. The third-order valence-electron chi connectivity index (χ3n) is 4.73. The van der Waals surface area contributed by atoms with Crippen molar-refractivity contribution in [2.45, 2.75) is 6.92 Å². The maximum Gasteiger partial charge on any atom is 0.0991 e. The van der Waals surface area contributed by atoms with Crippen molar-refractivity contribution in [2.24, 2.45) is 0 Å². The van der Waals surface area contributed by atoms with E-state index in [0.717, 1.165) is 35.5 Å². The van der Waals surface area contributed by atoms with Gasteiger partial charge < -0.3 is 4.90 Å². The van der Waals surface area contributed by atoms with E-state index in [1.165, 1.54) is 17.2 Å². The van der Waals surface area contributed by atoms with E-state index in [9.17, 15) is 0 Å². The van der Waals surface area contributed by atoms with Gasteiger partial charge in [-0.15, -0.1) is 0 Å². The molecule has 130 valence electrons. The highest BCUT2D eigenvalue weighted by molar-refractivity contribution is 7.99. The molecule has 0 amide bonds. The first-order valence-corrected chi connectivity index (χ1v) is 9.89. The van der Waals surface area contributed by atoms with Crippen LogP contribution in [0.4, 0.5) is 5.69 Å². The van der Waals surface area contributed by atoms with Crippen molar-refractivity contribution >= 4 is 17.4 Å². The number of aromatic nitrogens is 2. The van der Waals surface area contributed by atoms with Gasteiger partial charge in [0.1, 0.15) is 0 Å². The van der Waals surface area contributed by atoms with Crippen LogP contribution in [-0.4, -0.2) is 34.4 Å². The molecule has 5 heteroatoms. The van der Waals surface area contributed by atoms with Crippen molar-refractivity contribution in [2.75, 3.05) is 29.5 Å². The first-order chi connectivity index (χ1) is 12.7. The van der Waals surface area contributed by atoms with Crippen molar-refractivity contribution in [1.82, 2.24) is 9.78 Å². The zero-order valence-corrected chi connectivity index (χ0v) is 15.5. The molecule has 0 unspecified atom stereocenters. The Bertz CT molecular complexity index is 947. The number of anilines is 1. The highest BCUT2D eigenvalue weighted by atomic mass is 32.2. The lowest BCUT2D eigenvalue weighted by Gasteiger charge is -2.28. The lowest BCUT2D eigenvalue weighted by molar-refractivity contribution is 0.859. The SMILES string of the molecule is Cc1cc(C#N)ccc1-n1cc(-c2ccc(N3CCSCC3)cc2)cn1. The highest BCUT2D eigenvalue weighted by Gasteiger charge is 2.12. The average Bonchev–Trinajstić information content (AvgIpc) is 3.18. The third-order valence-corrected chi connectivity index (χ3v) is 5.67. The van der Waals surface area contributed by atoms with Crippen LogP contribution in [0.15, 0.2) is 54.9 Å². The summed E-state index contributed by atoms with van der Waals surface area (Å²) in [6.07, 6.45) is 3.94. The number of thioether (sulfide) groups is 1. The Morgan fingerprint density at radius 3 is 2.50 bits per heavy atom. The molecule has 0 saturated carbocycles. The maximum absolute atomic E-state index is 9.02. The molecule has 0 aliphatic carbocycles. The summed E-state index contributed by atoms with van der Waals surface area (Å²) in [5.74, 6) is 2.41. The van der Waals surface area contributed by atoms with Gasteiger partial charge in [0.15, 0.2) is 0 Å². The molecule has 4 nitrogen and oxygen atoms in total. The quantitative estimate of drug-likeness (QED) is 0.700. The molecular formula is C21H20N4S. The largest absolute Gasteiger partial charge is 0.370 e. The van der Waals surface area contributed by atoms with Crippen LogP contribution in [0.3, 0.4) is 0 Å². The molecule has 4 rings (SSSR count). The van der Waals surface area contributed by atoms with Crippen molar-refractivity contribution in [1.29, 1.82) is 5.26 Å². The predicted octanol–water partition coefficient (Wildman–Crippen LogP) is 4.27. The molecular weight excluding hydrogens is 340 g/mol. The minimum Gasteiger partial charge on any atom is -0.370 e. The molecule has 0 N–H and O–H groups in total. The van der Waals surface area contributed by atoms with Gasteiger partial charge in [-0.2, -0.15) is 22.1 Å². The van der Waals surface area contributed by atoms with Crippen LogP contribution in [0.5, 0.6) is 0 Å². The van der Waals surface area contributed by atoms with Gasteiger partial charge in [0.25, 0.3) is 0 Å². The van der Waals surface area contributed by atoms with Crippen molar-refractivity contribution in [3.63, 3.8) is 0 Å². The zero-order chi connectivity index (χ0) is 17.9. The first kappa shape index (κ1) is 16.7. The Morgan fingerprint density at radius 1 is 1.04 bits per heavy atom. The fourth-order valence-corrected chi connectivity index (χ4v) is 4.18. The topological polar surface area (TPSA) is 44.9 Å². The van der Waals surface area contributed by atoms with Gasteiger partial charge in [-0.1, -0.05) is 12.1 Å². The molecule has 26 heavy (non-hydrogen) atoms. The fourth-order valence-electron chi connectivity index (χ4n) is 3.27. The zero-order valence-electron chi connectivity index (χ0n) is 14.7. The lowest BCUT2D eigenvalue weighted by Crippen LogP contribution is -2.32. The van der Waals surface area contributed by atoms with E-state index in [1.807, 2.05) is 54.0 Å². The van der Waals surface area contributed by atoms with Gasteiger partial charge in [-0.3, -0.25) is 0 Å². The highest BCUT2D eigenvalue weighted by Crippen LogP contribution is 2.26. The smallest absolute Gasteiger partial charge is 0.0991 e. The van der Waals surface area contributed by atoms with Crippen LogP contribution in [0.1, 0.15) is 11.1 Å². The Hall–Kier alpha value is -2.71. The predicted molar refractivity (Wildman–Crippen MR) is 108 cm³/mol. The van der Waals surface area contributed by atoms with Crippen molar-refractivity contribution < 1.29 is 0 Å². The molecule has 0 spiro atoms. The minimum atomic E-state index is 0.672. The number of aryl methyl sites for hydroxylation is 1. The van der Waals surface area contributed by atoms with Crippen LogP contribution in [0, 0.1) is 18.3 Å². The molecule has 1 saturated heterocycles. The molecule has 1 aromatic heterocycles. The molecule has 1 aliphatic heterocycles. The Kier molecular flexibility index (Phi) is 4.68. The van der Waals surface area contributed by atoms with Gasteiger partial charge in [0, 0.05) is 42.0 Å². The second kappa shape index (κ2) is 7.27. The maximum atomic E-state index is 9.02. The van der Waals surface area contributed by atoms with Gasteiger partial charge in [-0.05, 0) is 48.4 Å². The van der Waals surface area contributed by atoms with E-state index in [1.54, 1.807) is 0 Å². The van der Waals surface area contributed by atoms with E-state index in [-0.39, 0.29) is 0 Å². The monoisotopic (exact) mass is 360 g/mol. The molecule has 2 heterocycles. The first-order valence-electron chi connectivity index (χ1n) is 8.73. The van der Waals surface area contributed by atoms with Crippen LogP contribution >= 0.6 is 11.8 Å².